The van der Waals surface area contributed by atoms with Gasteiger partial charge in [0.1, 0.15) is 0 Å². The second-order valence-electron chi connectivity index (χ2n) is 5.72. The number of likely N-dealkylation sites (tertiary alicyclic amines) is 1. The average Bonchev–Trinajstić information content (AvgIpc) is 2.48. The molecule has 114 valence electrons. The highest BCUT2D eigenvalue weighted by atomic mass is 35.5. The Morgan fingerprint density at radius 1 is 1.25 bits per heavy atom. The molecule has 0 radical (unpaired) electrons. The molecule has 0 aromatic heterocycles. The monoisotopic (exact) mass is 295 g/mol. The van der Waals surface area contributed by atoms with Crippen LogP contribution in [0.2, 0.25) is 0 Å². The predicted molar refractivity (Wildman–Crippen MR) is 90.9 cm³/mol. The van der Waals surface area contributed by atoms with Gasteiger partial charge in [-0.2, -0.15) is 0 Å². The molecular weight excluding hydrogens is 266 g/mol. The molecule has 1 heterocycles. The summed E-state index contributed by atoms with van der Waals surface area (Å²) in [7, 11) is 0. The zero-order valence-corrected chi connectivity index (χ0v) is 14.3. The highest BCUT2D eigenvalue weighted by molar-refractivity contribution is 6.30. The molecule has 1 aliphatic heterocycles. The maximum atomic E-state index is 6.42. The second-order valence-corrected chi connectivity index (χ2v) is 6.18. The van der Waals surface area contributed by atoms with Crippen LogP contribution in [0.5, 0.6) is 0 Å². The molecule has 0 saturated carbocycles. The number of piperidine rings is 1. The molecule has 1 saturated heterocycles. The van der Waals surface area contributed by atoms with Crippen molar-refractivity contribution in [3.63, 3.8) is 0 Å². The van der Waals surface area contributed by atoms with E-state index < -0.39 is 0 Å². The quantitative estimate of drug-likeness (QED) is 0.437. The summed E-state index contributed by atoms with van der Waals surface area (Å²) in [6.07, 6.45) is 12.5. The molecule has 0 aromatic carbocycles. The van der Waals surface area contributed by atoms with Crippen LogP contribution < -0.4 is 0 Å². The Balaban J connectivity index is 2.64. The summed E-state index contributed by atoms with van der Waals surface area (Å²) in [6, 6.07) is 0. The van der Waals surface area contributed by atoms with Crippen molar-refractivity contribution in [1.82, 2.24) is 4.90 Å². The summed E-state index contributed by atoms with van der Waals surface area (Å²) in [4.78, 5) is 2.47. The number of hydrogen-bond acceptors (Lipinski definition) is 1. The maximum absolute atomic E-state index is 6.42. The minimum atomic E-state index is 0.847. The van der Waals surface area contributed by atoms with Crippen LogP contribution in [0.1, 0.15) is 59.8 Å². The molecule has 1 fully saturated rings. The fourth-order valence-electron chi connectivity index (χ4n) is 2.73. The van der Waals surface area contributed by atoms with Crippen molar-refractivity contribution in [3.05, 3.63) is 34.5 Å². The van der Waals surface area contributed by atoms with Crippen molar-refractivity contribution in [3.8, 4) is 0 Å². The van der Waals surface area contributed by atoms with E-state index in [4.69, 9.17) is 11.6 Å². The van der Waals surface area contributed by atoms with E-state index in [0.29, 0.717) is 0 Å². The summed E-state index contributed by atoms with van der Waals surface area (Å²) in [5.41, 5.74) is 2.77. The van der Waals surface area contributed by atoms with Crippen molar-refractivity contribution in [2.75, 3.05) is 13.1 Å². The summed E-state index contributed by atoms with van der Waals surface area (Å²) >= 11 is 6.42. The van der Waals surface area contributed by atoms with Gasteiger partial charge in [0.25, 0.3) is 0 Å². The third-order valence-corrected chi connectivity index (χ3v) is 4.62. The Hall–Kier alpha value is -0.690. The third-order valence-electron chi connectivity index (χ3n) is 4.16. The Morgan fingerprint density at radius 3 is 2.40 bits per heavy atom. The van der Waals surface area contributed by atoms with E-state index in [1.54, 1.807) is 0 Å². The Morgan fingerprint density at radius 2 is 1.90 bits per heavy atom. The van der Waals surface area contributed by atoms with Crippen molar-refractivity contribution in [2.24, 2.45) is 5.92 Å². The standard InChI is InChI=1S/C18H30ClN/c1-5-8-9-18(17(19)7-3)20-12-10-16(11-13-20)14-15(4)6-2/h6,8-9,16H,5,7,10-14H2,1-4H3/b9-8-,15-6+,18-17-. The van der Waals surface area contributed by atoms with E-state index in [1.165, 1.54) is 30.5 Å². The normalized spacial score (nSPS) is 19.6. The Bertz CT molecular complexity index is 371. The van der Waals surface area contributed by atoms with Gasteiger partial charge in [0, 0.05) is 18.1 Å². The van der Waals surface area contributed by atoms with Crippen LogP contribution >= 0.6 is 11.6 Å². The van der Waals surface area contributed by atoms with Crippen LogP contribution in [0.15, 0.2) is 34.5 Å². The van der Waals surface area contributed by atoms with Crippen LogP contribution in [0, 0.1) is 5.92 Å². The van der Waals surface area contributed by atoms with Gasteiger partial charge in [-0.1, -0.05) is 43.2 Å². The first-order chi connectivity index (χ1) is 9.62. The van der Waals surface area contributed by atoms with E-state index in [2.05, 4.69) is 50.8 Å². The third kappa shape index (κ3) is 5.36. The largest absolute Gasteiger partial charge is 0.371 e. The maximum Gasteiger partial charge on any atom is 0.0510 e. The lowest BCUT2D eigenvalue weighted by Crippen LogP contribution is -2.33. The number of nitrogens with zero attached hydrogens (tertiary/aromatic N) is 1. The Kier molecular flexibility index (Phi) is 8.06. The molecule has 0 aromatic rings. The highest BCUT2D eigenvalue weighted by Crippen LogP contribution is 2.28. The van der Waals surface area contributed by atoms with Crippen molar-refractivity contribution in [1.29, 1.82) is 0 Å². The summed E-state index contributed by atoms with van der Waals surface area (Å²) in [5, 5.41) is 0.998. The molecule has 2 heteroatoms. The van der Waals surface area contributed by atoms with Gasteiger partial charge < -0.3 is 4.90 Å². The summed E-state index contributed by atoms with van der Waals surface area (Å²) < 4.78 is 0. The molecule has 1 nitrogen and oxygen atoms in total. The van der Waals surface area contributed by atoms with Gasteiger partial charge in [-0.15, -0.1) is 0 Å². The SMILES string of the molecule is C/C=C(\C)CC1CCN(C(/C=C\CC)=C(\Cl)CC)CC1. The first-order valence-corrected chi connectivity index (χ1v) is 8.42. The van der Waals surface area contributed by atoms with Crippen LogP contribution in [-0.4, -0.2) is 18.0 Å². The molecule has 0 aliphatic carbocycles. The van der Waals surface area contributed by atoms with E-state index in [9.17, 15) is 0 Å². The summed E-state index contributed by atoms with van der Waals surface area (Å²) in [6.45, 7) is 11.0. The lowest BCUT2D eigenvalue weighted by molar-refractivity contribution is 0.230. The average molecular weight is 296 g/mol. The molecule has 0 unspecified atom stereocenters. The lowest BCUT2D eigenvalue weighted by atomic mass is 9.90. The van der Waals surface area contributed by atoms with Gasteiger partial charge >= 0.3 is 0 Å². The molecule has 0 amide bonds. The number of allylic oxidation sites excluding steroid dienone is 5. The van der Waals surface area contributed by atoms with Crippen LogP contribution in [-0.2, 0) is 0 Å². The number of halogens is 1. The minimum Gasteiger partial charge on any atom is -0.371 e. The van der Waals surface area contributed by atoms with Crippen molar-refractivity contribution >= 4 is 11.6 Å². The van der Waals surface area contributed by atoms with E-state index in [-0.39, 0.29) is 0 Å². The molecule has 0 N–H and O–H groups in total. The zero-order valence-electron chi connectivity index (χ0n) is 13.6. The first kappa shape index (κ1) is 17.4. The van der Waals surface area contributed by atoms with E-state index >= 15 is 0 Å². The van der Waals surface area contributed by atoms with E-state index in [1.807, 2.05) is 0 Å². The van der Waals surface area contributed by atoms with Crippen molar-refractivity contribution < 1.29 is 0 Å². The smallest absolute Gasteiger partial charge is 0.0510 e. The van der Waals surface area contributed by atoms with Gasteiger partial charge in [0.05, 0.1) is 5.70 Å². The van der Waals surface area contributed by atoms with Crippen LogP contribution in [0.3, 0.4) is 0 Å². The Labute approximate surface area is 130 Å². The van der Waals surface area contributed by atoms with Gasteiger partial charge in [-0.3, -0.25) is 0 Å². The molecule has 0 atom stereocenters. The molecule has 0 spiro atoms. The lowest BCUT2D eigenvalue weighted by Gasteiger charge is -2.35. The number of rotatable bonds is 6. The fraction of sp³-hybridized carbons (Fsp3) is 0.667. The van der Waals surface area contributed by atoms with Gasteiger partial charge in [0.15, 0.2) is 0 Å². The molecule has 0 bridgehead atoms. The zero-order chi connectivity index (χ0) is 15.0. The second kappa shape index (κ2) is 9.28. The fourth-order valence-corrected chi connectivity index (χ4v) is 2.91. The molecule has 1 rings (SSSR count). The first-order valence-electron chi connectivity index (χ1n) is 8.04. The van der Waals surface area contributed by atoms with Gasteiger partial charge in [0.2, 0.25) is 0 Å². The van der Waals surface area contributed by atoms with Crippen molar-refractivity contribution in [2.45, 2.75) is 59.8 Å². The summed E-state index contributed by atoms with van der Waals surface area (Å²) in [5.74, 6) is 0.847. The van der Waals surface area contributed by atoms with Crippen LogP contribution in [0.25, 0.3) is 0 Å². The number of hydrogen-bond donors (Lipinski definition) is 0. The van der Waals surface area contributed by atoms with Crippen LogP contribution in [0.4, 0.5) is 0 Å². The highest BCUT2D eigenvalue weighted by Gasteiger charge is 2.21. The van der Waals surface area contributed by atoms with E-state index in [0.717, 1.165) is 36.9 Å². The van der Waals surface area contributed by atoms with Gasteiger partial charge in [-0.05, 0) is 57.9 Å². The predicted octanol–water partition coefficient (Wildman–Crippen LogP) is 5.88. The molecule has 1 aliphatic rings. The molecular formula is C18H30ClN. The molecule has 20 heavy (non-hydrogen) atoms. The minimum absolute atomic E-state index is 0.847. The van der Waals surface area contributed by atoms with Gasteiger partial charge in [-0.25, -0.2) is 0 Å². The topological polar surface area (TPSA) is 3.24 Å².